The van der Waals surface area contributed by atoms with E-state index in [1.165, 1.54) is 4.88 Å². The number of hydrogen-bond acceptors (Lipinski definition) is 5. The second-order valence-electron chi connectivity index (χ2n) is 4.57. The van der Waals surface area contributed by atoms with E-state index in [0.29, 0.717) is 5.88 Å². The molecule has 0 saturated carbocycles. The lowest BCUT2D eigenvalue weighted by molar-refractivity contribution is 0.438. The maximum Gasteiger partial charge on any atom is 0.243 e. The molecule has 0 fully saturated rings. The van der Waals surface area contributed by atoms with Crippen molar-refractivity contribution >= 4 is 17.2 Å². The van der Waals surface area contributed by atoms with Crippen molar-refractivity contribution < 1.29 is 4.74 Å². The Morgan fingerprint density at radius 2 is 2.26 bits per heavy atom. The summed E-state index contributed by atoms with van der Waals surface area (Å²) in [7, 11) is 0. The molecule has 0 amide bonds. The van der Waals surface area contributed by atoms with Gasteiger partial charge in [0, 0.05) is 21.0 Å². The van der Waals surface area contributed by atoms with E-state index < -0.39 is 5.92 Å². The first-order valence-corrected chi connectivity index (χ1v) is 6.70. The predicted molar refractivity (Wildman–Crippen MR) is 71.7 cm³/mol. The maximum absolute atomic E-state index is 9.36. The Bertz CT molecular complexity index is 694. The Balaban J connectivity index is 2.20. The average Bonchev–Trinajstić information content (AvgIpc) is 2.95. The summed E-state index contributed by atoms with van der Waals surface area (Å²) in [5, 5.41) is 24.2. The summed E-state index contributed by atoms with van der Waals surface area (Å²) in [6.45, 7) is 3.94. The molecule has 0 aliphatic carbocycles. The fourth-order valence-corrected chi connectivity index (χ4v) is 3.43. The number of rotatable bonds is 1. The topological polar surface area (TPSA) is 85.5 Å². The minimum absolute atomic E-state index is 0.0300. The molecule has 96 valence electrons. The van der Waals surface area contributed by atoms with Gasteiger partial charge in [0.2, 0.25) is 11.8 Å². The van der Waals surface area contributed by atoms with Gasteiger partial charge in [-0.25, -0.2) is 0 Å². The van der Waals surface area contributed by atoms with E-state index in [2.05, 4.69) is 16.3 Å². The van der Waals surface area contributed by atoms with Crippen LogP contribution in [0.4, 0.5) is 0 Å². The normalized spacial score (nSPS) is 21.6. The zero-order valence-corrected chi connectivity index (χ0v) is 11.3. The number of nitriles is 1. The van der Waals surface area contributed by atoms with Crippen LogP contribution in [0.1, 0.15) is 26.9 Å². The number of ether oxygens (including phenoxy) is 1. The van der Waals surface area contributed by atoms with Crippen molar-refractivity contribution in [2.24, 2.45) is 5.92 Å². The molecular formula is C13H12N4OS. The summed E-state index contributed by atoms with van der Waals surface area (Å²) >= 11 is 1.65. The zero-order valence-electron chi connectivity index (χ0n) is 10.5. The highest BCUT2D eigenvalue weighted by atomic mass is 32.1. The number of nitrogens with zero attached hydrogens (tertiary/aromatic N) is 2. The van der Waals surface area contributed by atoms with Gasteiger partial charge >= 0.3 is 0 Å². The van der Waals surface area contributed by atoms with Crippen LogP contribution in [-0.4, -0.2) is 16.1 Å². The first kappa shape index (κ1) is 11.9. The van der Waals surface area contributed by atoms with Crippen LogP contribution >= 0.6 is 11.3 Å². The second-order valence-corrected chi connectivity index (χ2v) is 5.89. The quantitative estimate of drug-likeness (QED) is 0.837. The summed E-state index contributed by atoms with van der Waals surface area (Å²) in [5.41, 5.74) is 1.78. The van der Waals surface area contributed by atoms with Gasteiger partial charge in [0.15, 0.2) is 0 Å². The first-order chi connectivity index (χ1) is 9.11. The van der Waals surface area contributed by atoms with E-state index in [-0.39, 0.29) is 11.8 Å². The van der Waals surface area contributed by atoms with Crippen LogP contribution in [0.15, 0.2) is 12.1 Å². The molecule has 1 aliphatic heterocycles. The van der Waals surface area contributed by atoms with E-state index in [1.807, 2.05) is 26.0 Å². The van der Waals surface area contributed by atoms with E-state index in [1.54, 1.807) is 11.3 Å². The van der Waals surface area contributed by atoms with Crippen molar-refractivity contribution in [1.82, 2.24) is 10.2 Å². The van der Waals surface area contributed by atoms with Gasteiger partial charge < -0.3 is 4.74 Å². The van der Waals surface area contributed by atoms with Crippen molar-refractivity contribution in [2.75, 3.05) is 0 Å². The predicted octanol–water partition coefficient (Wildman–Crippen LogP) is 2.73. The van der Waals surface area contributed by atoms with Gasteiger partial charge in [-0.1, -0.05) is 0 Å². The molecule has 0 aromatic carbocycles. The molecule has 2 aromatic heterocycles. The number of aryl methyl sites for hydroxylation is 2. The molecule has 2 N–H and O–H groups in total. The van der Waals surface area contributed by atoms with Gasteiger partial charge in [-0.05, 0) is 26.0 Å². The highest BCUT2D eigenvalue weighted by molar-refractivity contribution is 7.12. The van der Waals surface area contributed by atoms with Crippen LogP contribution < -0.4 is 4.74 Å². The van der Waals surface area contributed by atoms with Crippen molar-refractivity contribution in [1.29, 1.82) is 10.7 Å². The van der Waals surface area contributed by atoms with E-state index >= 15 is 0 Å². The largest absolute Gasteiger partial charge is 0.422 e. The molecule has 0 radical (unpaired) electrons. The van der Waals surface area contributed by atoms with Gasteiger partial charge in [-0.3, -0.25) is 10.5 Å². The Kier molecular flexibility index (Phi) is 2.64. The SMILES string of the molecule is Cc1ccc(C2c3c(n[nH]c3C)OC(=N)C2C#N)s1. The first-order valence-electron chi connectivity index (χ1n) is 5.89. The molecule has 3 heterocycles. The number of nitrogens with one attached hydrogen (secondary N) is 2. The molecule has 0 spiro atoms. The lowest BCUT2D eigenvalue weighted by Gasteiger charge is -2.26. The molecule has 1 aliphatic rings. The third kappa shape index (κ3) is 1.74. The number of hydrogen-bond donors (Lipinski definition) is 2. The Morgan fingerprint density at radius 1 is 1.47 bits per heavy atom. The Hall–Kier alpha value is -2.13. The molecule has 19 heavy (non-hydrogen) atoms. The highest BCUT2D eigenvalue weighted by Gasteiger charge is 2.40. The van der Waals surface area contributed by atoms with Gasteiger partial charge in [0.1, 0.15) is 5.92 Å². The Morgan fingerprint density at radius 3 is 2.89 bits per heavy atom. The van der Waals surface area contributed by atoms with Crippen molar-refractivity contribution in [3.63, 3.8) is 0 Å². The second kappa shape index (κ2) is 4.21. The Labute approximate surface area is 114 Å². The van der Waals surface area contributed by atoms with Crippen LogP contribution in [0.5, 0.6) is 5.88 Å². The number of H-pyrrole nitrogens is 1. The summed E-state index contributed by atoms with van der Waals surface area (Å²) in [4.78, 5) is 2.26. The number of aromatic nitrogens is 2. The number of fused-ring (bicyclic) bond motifs is 1. The third-order valence-corrected chi connectivity index (χ3v) is 4.38. The molecule has 0 saturated heterocycles. The van der Waals surface area contributed by atoms with Gasteiger partial charge in [0.25, 0.3) is 0 Å². The van der Waals surface area contributed by atoms with Gasteiger partial charge in [0.05, 0.1) is 12.0 Å². The standard InChI is InChI=1S/C13H12N4OS/c1-6-3-4-9(19-6)11-8(5-14)12(15)18-13-10(11)7(2)16-17-13/h3-4,8,11,15H,1-2H3,(H,16,17). The fourth-order valence-electron chi connectivity index (χ4n) is 2.41. The average molecular weight is 272 g/mol. The third-order valence-electron chi connectivity index (χ3n) is 3.30. The van der Waals surface area contributed by atoms with Crippen LogP contribution in [0.3, 0.4) is 0 Å². The maximum atomic E-state index is 9.36. The minimum atomic E-state index is -0.596. The number of thiophene rings is 1. The molecule has 5 nitrogen and oxygen atoms in total. The summed E-state index contributed by atoms with van der Waals surface area (Å²) in [6, 6.07) is 6.23. The highest BCUT2D eigenvalue weighted by Crippen LogP contribution is 2.44. The number of aromatic amines is 1. The monoisotopic (exact) mass is 272 g/mol. The van der Waals surface area contributed by atoms with Gasteiger partial charge in [-0.2, -0.15) is 5.26 Å². The summed E-state index contributed by atoms with van der Waals surface area (Å²) in [5.74, 6) is -0.372. The van der Waals surface area contributed by atoms with Crippen LogP contribution in [0.25, 0.3) is 0 Å². The van der Waals surface area contributed by atoms with Crippen molar-refractivity contribution in [2.45, 2.75) is 19.8 Å². The van der Waals surface area contributed by atoms with E-state index in [4.69, 9.17) is 10.1 Å². The molecule has 3 rings (SSSR count). The van der Waals surface area contributed by atoms with Crippen molar-refractivity contribution in [3.05, 3.63) is 33.1 Å². The minimum Gasteiger partial charge on any atom is -0.422 e. The summed E-state index contributed by atoms with van der Waals surface area (Å²) < 4.78 is 5.34. The lowest BCUT2D eigenvalue weighted by atomic mass is 9.83. The van der Waals surface area contributed by atoms with Gasteiger partial charge in [-0.15, -0.1) is 16.4 Å². The molecular weight excluding hydrogens is 260 g/mol. The van der Waals surface area contributed by atoms with E-state index in [0.717, 1.165) is 16.1 Å². The summed E-state index contributed by atoms with van der Waals surface area (Å²) in [6.07, 6.45) is 0. The molecule has 6 heteroatoms. The molecule has 2 unspecified atom stereocenters. The molecule has 2 atom stereocenters. The van der Waals surface area contributed by atoms with Crippen molar-refractivity contribution in [3.8, 4) is 11.9 Å². The molecule has 0 bridgehead atoms. The van der Waals surface area contributed by atoms with E-state index in [9.17, 15) is 5.26 Å². The van der Waals surface area contributed by atoms with Crippen LogP contribution in [0, 0.1) is 36.5 Å². The van der Waals surface area contributed by atoms with Crippen LogP contribution in [-0.2, 0) is 0 Å². The molecule has 2 aromatic rings. The smallest absolute Gasteiger partial charge is 0.243 e. The lowest BCUT2D eigenvalue weighted by Crippen LogP contribution is -2.30. The van der Waals surface area contributed by atoms with Crippen LogP contribution in [0.2, 0.25) is 0 Å². The zero-order chi connectivity index (χ0) is 13.6. The fraction of sp³-hybridized carbons (Fsp3) is 0.308.